The monoisotopic (exact) mass is 427 g/mol. The lowest BCUT2D eigenvalue weighted by atomic mass is 10.3. The molecule has 4 N–H and O–H groups in total. The fraction of sp³-hybridized carbons (Fsp3) is 0.533. The molecule has 0 atom stereocenters. The van der Waals surface area contributed by atoms with Gasteiger partial charge in [0.2, 0.25) is 15.9 Å². The number of nitrogens with two attached hydrogens (primary N) is 1. The van der Waals surface area contributed by atoms with Crippen LogP contribution >= 0.6 is 12.4 Å². The molecule has 0 aliphatic carbocycles. The first-order valence-corrected chi connectivity index (χ1v) is 11.2. The summed E-state index contributed by atoms with van der Waals surface area (Å²) < 4.78 is 50.0. The van der Waals surface area contributed by atoms with E-state index in [9.17, 15) is 21.6 Å². The van der Waals surface area contributed by atoms with Gasteiger partial charge in [-0.05, 0) is 24.1 Å². The summed E-state index contributed by atoms with van der Waals surface area (Å²) in [6.45, 7) is 3.86. The fourth-order valence-electron chi connectivity index (χ4n) is 2.08. The molecule has 0 spiro atoms. The van der Waals surface area contributed by atoms with E-state index in [0.717, 1.165) is 0 Å². The molecule has 0 aliphatic heterocycles. The average Bonchev–Trinajstić information content (AvgIpc) is 2.50. The standard InChI is InChI=1S/C15H25N3O5S2.ClH/c1-12(2)11-24(20,21)9-6-15(19)18-13-4-3-5-14(10-13)25(22,23)17-8-7-16;/h3-5,10,12,17H,6-9,11,16H2,1-2H3,(H,18,19);1H. The molecule has 1 rings (SSSR count). The van der Waals surface area contributed by atoms with Crippen molar-refractivity contribution in [2.45, 2.75) is 25.2 Å². The van der Waals surface area contributed by atoms with Gasteiger partial charge in [0.25, 0.3) is 0 Å². The molecule has 0 unspecified atom stereocenters. The zero-order chi connectivity index (χ0) is 19.1. The SMILES string of the molecule is CC(C)CS(=O)(=O)CCC(=O)Nc1cccc(S(=O)(=O)NCCN)c1.Cl. The highest BCUT2D eigenvalue weighted by Gasteiger charge is 2.17. The van der Waals surface area contributed by atoms with Crippen LogP contribution in [0.1, 0.15) is 20.3 Å². The quantitative estimate of drug-likeness (QED) is 0.504. The van der Waals surface area contributed by atoms with Crippen molar-refractivity contribution in [3.63, 3.8) is 0 Å². The third kappa shape index (κ3) is 8.95. The molecule has 0 aliphatic rings. The van der Waals surface area contributed by atoms with E-state index in [4.69, 9.17) is 5.73 Å². The van der Waals surface area contributed by atoms with Crippen LogP contribution in [0.4, 0.5) is 5.69 Å². The highest BCUT2D eigenvalue weighted by atomic mass is 35.5. The lowest BCUT2D eigenvalue weighted by Gasteiger charge is -2.10. The number of hydrogen-bond donors (Lipinski definition) is 3. The number of amides is 1. The number of halogens is 1. The summed E-state index contributed by atoms with van der Waals surface area (Å²) in [5.41, 5.74) is 5.55. The Balaban J connectivity index is 0.00000625. The molecular formula is C15H26ClN3O5S2. The number of nitrogens with one attached hydrogen (secondary N) is 2. The Morgan fingerprint density at radius 1 is 1.19 bits per heavy atom. The minimum atomic E-state index is -3.71. The molecule has 0 bridgehead atoms. The number of carbonyl (C=O) groups excluding carboxylic acids is 1. The molecule has 0 radical (unpaired) electrons. The molecule has 1 aromatic rings. The first-order valence-electron chi connectivity index (χ1n) is 7.86. The third-order valence-electron chi connectivity index (χ3n) is 3.09. The van der Waals surface area contributed by atoms with Gasteiger partial charge in [0.05, 0.1) is 16.4 Å². The summed E-state index contributed by atoms with van der Waals surface area (Å²) >= 11 is 0. The van der Waals surface area contributed by atoms with Crippen LogP contribution in [-0.4, -0.2) is 47.3 Å². The van der Waals surface area contributed by atoms with Crippen molar-refractivity contribution >= 4 is 43.9 Å². The van der Waals surface area contributed by atoms with Crippen LogP contribution in [-0.2, 0) is 24.7 Å². The highest BCUT2D eigenvalue weighted by Crippen LogP contribution is 2.15. The van der Waals surface area contributed by atoms with E-state index >= 15 is 0 Å². The second-order valence-corrected chi connectivity index (χ2v) is 10.0. The summed E-state index contributed by atoms with van der Waals surface area (Å²) in [6, 6.07) is 5.71. The molecule has 0 heterocycles. The molecule has 26 heavy (non-hydrogen) atoms. The number of carbonyl (C=O) groups is 1. The summed E-state index contributed by atoms with van der Waals surface area (Å²) in [4.78, 5) is 11.9. The van der Waals surface area contributed by atoms with Crippen LogP contribution in [0.3, 0.4) is 0 Å². The average molecular weight is 428 g/mol. The smallest absolute Gasteiger partial charge is 0.240 e. The number of benzene rings is 1. The van der Waals surface area contributed by atoms with Gasteiger partial charge in [0.1, 0.15) is 0 Å². The Morgan fingerprint density at radius 3 is 2.42 bits per heavy atom. The molecule has 1 aromatic carbocycles. The maximum absolute atomic E-state index is 12.0. The van der Waals surface area contributed by atoms with Gasteiger partial charge in [0, 0.05) is 25.2 Å². The summed E-state index contributed by atoms with van der Waals surface area (Å²) in [5, 5.41) is 2.52. The van der Waals surface area contributed by atoms with Crippen LogP contribution in [0.2, 0.25) is 0 Å². The van der Waals surface area contributed by atoms with Gasteiger partial charge >= 0.3 is 0 Å². The molecule has 0 saturated heterocycles. The zero-order valence-corrected chi connectivity index (χ0v) is 17.2. The summed E-state index contributed by atoms with van der Waals surface area (Å²) in [7, 11) is -7.00. The molecular weight excluding hydrogens is 402 g/mol. The molecule has 1 amide bonds. The first kappa shape index (κ1) is 24.8. The van der Waals surface area contributed by atoms with Crippen LogP contribution in [0.25, 0.3) is 0 Å². The molecule has 150 valence electrons. The Bertz CT molecular complexity index is 795. The van der Waals surface area contributed by atoms with Crippen LogP contribution < -0.4 is 15.8 Å². The molecule has 11 heteroatoms. The maximum atomic E-state index is 12.0. The minimum Gasteiger partial charge on any atom is -0.329 e. The predicted octanol–water partition coefficient (Wildman–Crippen LogP) is 0.745. The first-order chi connectivity index (χ1) is 11.6. The lowest BCUT2D eigenvalue weighted by molar-refractivity contribution is -0.115. The van der Waals surface area contributed by atoms with Gasteiger partial charge in [-0.3, -0.25) is 4.79 Å². The van der Waals surface area contributed by atoms with E-state index in [1.165, 1.54) is 24.3 Å². The number of rotatable bonds is 10. The molecule has 8 nitrogen and oxygen atoms in total. The largest absolute Gasteiger partial charge is 0.329 e. The van der Waals surface area contributed by atoms with E-state index in [1.54, 1.807) is 13.8 Å². The zero-order valence-electron chi connectivity index (χ0n) is 14.8. The maximum Gasteiger partial charge on any atom is 0.240 e. The van der Waals surface area contributed by atoms with Gasteiger partial charge in [-0.2, -0.15) is 0 Å². The van der Waals surface area contributed by atoms with Crippen molar-refractivity contribution in [1.29, 1.82) is 0 Å². The van der Waals surface area contributed by atoms with Gasteiger partial charge in [0.15, 0.2) is 9.84 Å². The van der Waals surface area contributed by atoms with Gasteiger partial charge in [-0.15, -0.1) is 12.4 Å². The van der Waals surface area contributed by atoms with Crippen molar-refractivity contribution in [2.24, 2.45) is 11.7 Å². The van der Waals surface area contributed by atoms with Crippen molar-refractivity contribution in [1.82, 2.24) is 4.72 Å². The Hall–Kier alpha value is -1.20. The number of sulfonamides is 1. The number of hydrogen-bond acceptors (Lipinski definition) is 6. The predicted molar refractivity (Wildman–Crippen MR) is 105 cm³/mol. The second-order valence-electron chi connectivity index (χ2n) is 6.02. The minimum absolute atomic E-state index is 0. The number of anilines is 1. The van der Waals surface area contributed by atoms with Crippen LogP contribution in [0, 0.1) is 5.92 Å². The van der Waals surface area contributed by atoms with Crippen LogP contribution in [0.5, 0.6) is 0 Å². The Morgan fingerprint density at radius 2 is 1.85 bits per heavy atom. The second kappa shape index (κ2) is 10.8. The van der Waals surface area contributed by atoms with E-state index in [0.29, 0.717) is 0 Å². The Labute approximate surface area is 161 Å². The van der Waals surface area contributed by atoms with E-state index < -0.39 is 25.8 Å². The molecule has 0 fully saturated rings. The fourth-order valence-corrected chi connectivity index (χ4v) is 4.85. The van der Waals surface area contributed by atoms with Crippen LogP contribution in [0.15, 0.2) is 29.2 Å². The normalized spacial score (nSPS) is 11.8. The Kier molecular flexibility index (Phi) is 10.3. The van der Waals surface area contributed by atoms with E-state index in [-0.39, 0.29) is 59.9 Å². The highest BCUT2D eigenvalue weighted by molar-refractivity contribution is 7.91. The van der Waals surface area contributed by atoms with Crippen molar-refractivity contribution in [3.8, 4) is 0 Å². The van der Waals surface area contributed by atoms with Crippen molar-refractivity contribution in [2.75, 3.05) is 29.9 Å². The van der Waals surface area contributed by atoms with E-state index in [2.05, 4.69) is 10.0 Å². The topological polar surface area (TPSA) is 135 Å². The summed E-state index contributed by atoms with van der Waals surface area (Å²) in [5.74, 6) is -0.707. The van der Waals surface area contributed by atoms with Crippen molar-refractivity contribution in [3.05, 3.63) is 24.3 Å². The van der Waals surface area contributed by atoms with Gasteiger partial charge in [-0.25, -0.2) is 21.6 Å². The summed E-state index contributed by atoms with van der Waals surface area (Å²) in [6.07, 6.45) is -0.183. The molecule has 0 aromatic heterocycles. The van der Waals surface area contributed by atoms with Gasteiger partial charge < -0.3 is 11.1 Å². The molecule has 0 saturated carbocycles. The number of sulfone groups is 1. The lowest BCUT2D eigenvalue weighted by Crippen LogP contribution is -2.29. The third-order valence-corrected chi connectivity index (χ3v) is 6.55. The van der Waals surface area contributed by atoms with E-state index in [1.807, 2.05) is 0 Å². The van der Waals surface area contributed by atoms with Gasteiger partial charge in [-0.1, -0.05) is 19.9 Å². The van der Waals surface area contributed by atoms with Crippen molar-refractivity contribution < 1.29 is 21.6 Å².